The Kier molecular flexibility index (Phi) is 2.56. The molecule has 3 rings (SSSR count). The van der Waals surface area contributed by atoms with Crippen LogP contribution in [0, 0.1) is 5.82 Å². The molecular weight excluding hydrogens is 243 g/mol. The molecule has 0 saturated carbocycles. The number of nitrogens with two attached hydrogens (primary N) is 1. The number of halogens is 1. The summed E-state index contributed by atoms with van der Waals surface area (Å²) in [4.78, 5) is 14.5. The molecule has 0 atom stereocenters. The fourth-order valence-electron chi connectivity index (χ4n) is 2.18. The molecular formula is C15H11FN2O. The second kappa shape index (κ2) is 4.24. The lowest BCUT2D eigenvalue weighted by atomic mass is 10.00. The second-order valence-corrected chi connectivity index (χ2v) is 4.34. The first kappa shape index (κ1) is 11.5. The van der Waals surface area contributed by atoms with Gasteiger partial charge < -0.3 is 10.7 Å². The average Bonchev–Trinajstić information content (AvgIpc) is 2.86. The summed E-state index contributed by atoms with van der Waals surface area (Å²) in [5.41, 5.74) is 8.22. The van der Waals surface area contributed by atoms with Crippen molar-refractivity contribution in [2.75, 3.05) is 0 Å². The van der Waals surface area contributed by atoms with Crippen LogP contribution in [0.1, 0.15) is 10.4 Å². The number of benzene rings is 2. The van der Waals surface area contributed by atoms with E-state index < -0.39 is 5.91 Å². The highest BCUT2D eigenvalue weighted by atomic mass is 19.1. The van der Waals surface area contributed by atoms with E-state index in [4.69, 9.17) is 5.73 Å². The first-order valence-corrected chi connectivity index (χ1v) is 5.82. The van der Waals surface area contributed by atoms with E-state index in [1.165, 1.54) is 12.1 Å². The minimum absolute atomic E-state index is 0.290. The number of nitrogens with one attached hydrogen (secondary N) is 1. The van der Waals surface area contributed by atoms with E-state index >= 15 is 0 Å². The van der Waals surface area contributed by atoms with E-state index in [0.717, 1.165) is 22.0 Å². The SMILES string of the molecule is NC(=O)c1cc(-c2ccc(F)cc2)cc2cc[nH]c12. The Labute approximate surface area is 108 Å². The number of aromatic nitrogens is 1. The summed E-state index contributed by atoms with van der Waals surface area (Å²) in [5.74, 6) is -0.780. The Morgan fingerprint density at radius 2 is 1.79 bits per heavy atom. The first-order valence-electron chi connectivity index (χ1n) is 5.82. The minimum Gasteiger partial charge on any atom is -0.366 e. The molecule has 0 spiro atoms. The first-order chi connectivity index (χ1) is 9.15. The zero-order chi connectivity index (χ0) is 13.4. The number of H-pyrrole nitrogens is 1. The Balaban J connectivity index is 2.24. The van der Waals surface area contributed by atoms with Crippen molar-refractivity contribution >= 4 is 16.8 Å². The van der Waals surface area contributed by atoms with Crippen molar-refractivity contribution in [3.05, 3.63) is 60.0 Å². The third-order valence-corrected chi connectivity index (χ3v) is 3.10. The van der Waals surface area contributed by atoms with E-state index in [2.05, 4.69) is 4.98 Å². The van der Waals surface area contributed by atoms with Gasteiger partial charge in [-0.1, -0.05) is 12.1 Å². The normalized spacial score (nSPS) is 10.8. The maximum Gasteiger partial charge on any atom is 0.250 e. The predicted molar refractivity (Wildman–Crippen MR) is 72.2 cm³/mol. The van der Waals surface area contributed by atoms with Crippen LogP contribution in [0.15, 0.2) is 48.7 Å². The summed E-state index contributed by atoms with van der Waals surface area (Å²) < 4.78 is 12.9. The fraction of sp³-hybridized carbons (Fsp3) is 0. The summed E-state index contributed by atoms with van der Waals surface area (Å²) in [6.45, 7) is 0. The van der Waals surface area contributed by atoms with Crippen LogP contribution < -0.4 is 5.73 Å². The van der Waals surface area contributed by atoms with E-state index in [1.54, 1.807) is 24.4 Å². The maximum atomic E-state index is 12.9. The monoisotopic (exact) mass is 254 g/mol. The Morgan fingerprint density at radius 3 is 2.47 bits per heavy atom. The van der Waals surface area contributed by atoms with Gasteiger partial charge in [-0.2, -0.15) is 0 Å². The Morgan fingerprint density at radius 1 is 1.05 bits per heavy atom. The van der Waals surface area contributed by atoms with Crippen LogP contribution in [-0.4, -0.2) is 10.9 Å². The highest BCUT2D eigenvalue weighted by Gasteiger charge is 2.10. The lowest BCUT2D eigenvalue weighted by Gasteiger charge is -2.06. The largest absolute Gasteiger partial charge is 0.366 e. The number of amides is 1. The van der Waals surface area contributed by atoms with Crippen LogP contribution in [0.2, 0.25) is 0 Å². The molecule has 0 aliphatic carbocycles. The number of aromatic amines is 1. The number of carbonyl (C=O) groups excluding carboxylic acids is 1. The van der Waals surface area contributed by atoms with Crippen molar-refractivity contribution in [2.45, 2.75) is 0 Å². The molecule has 1 heterocycles. The van der Waals surface area contributed by atoms with Gasteiger partial charge in [-0.3, -0.25) is 4.79 Å². The molecule has 1 amide bonds. The van der Waals surface area contributed by atoms with Crippen LogP contribution >= 0.6 is 0 Å². The van der Waals surface area contributed by atoms with Crippen molar-refractivity contribution < 1.29 is 9.18 Å². The van der Waals surface area contributed by atoms with Crippen LogP contribution in [-0.2, 0) is 0 Å². The lowest BCUT2D eigenvalue weighted by Crippen LogP contribution is -2.11. The molecule has 3 aromatic rings. The summed E-state index contributed by atoms with van der Waals surface area (Å²) >= 11 is 0. The van der Waals surface area contributed by atoms with Gasteiger partial charge in [0.2, 0.25) is 0 Å². The molecule has 0 saturated heterocycles. The van der Waals surface area contributed by atoms with Crippen molar-refractivity contribution in [2.24, 2.45) is 5.73 Å². The quantitative estimate of drug-likeness (QED) is 0.725. The van der Waals surface area contributed by atoms with Gasteiger partial charge in [0.25, 0.3) is 5.91 Å². The molecule has 4 heteroatoms. The van der Waals surface area contributed by atoms with Crippen LogP contribution in [0.4, 0.5) is 4.39 Å². The van der Waals surface area contributed by atoms with E-state index in [-0.39, 0.29) is 5.82 Å². The molecule has 3 N–H and O–H groups in total. The summed E-state index contributed by atoms with van der Waals surface area (Å²) in [5, 5.41) is 0.899. The number of primary amides is 1. The molecule has 19 heavy (non-hydrogen) atoms. The van der Waals surface area contributed by atoms with Crippen molar-refractivity contribution in [1.29, 1.82) is 0 Å². The molecule has 2 aromatic carbocycles. The lowest BCUT2D eigenvalue weighted by molar-refractivity contribution is 0.100. The molecule has 0 aliphatic rings. The number of carbonyl (C=O) groups is 1. The number of fused-ring (bicyclic) bond motifs is 1. The van der Waals surface area contributed by atoms with E-state index in [0.29, 0.717) is 5.56 Å². The fourth-order valence-corrected chi connectivity index (χ4v) is 2.18. The predicted octanol–water partition coefficient (Wildman–Crippen LogP) is 3.07. The van der Waals surface area contributed by atoms with Gasteiger partial charge in [0.15, 0.2) is 0 Å². The van der Waals surface area contributed by atoms with Gasteiger partial charge in [-0.25, -0.2) is 4.39 Å². The molecule has 0 bridgehead atoms. The van der Waals surface area contributed by atoms with Crippen LogP contribution in [0.5, 0.6) is 0 Å². The zero-order valence-electron chi connectivity index (χ0n) is 9.98. The molecule has 0 radical (unpaired) electrons. The van der Waals surface area contributed by atoms with Gasteiger partial charge in [-0.05, 0) is 41.5 Å². The smallest absolute Gasteiger partial charge is 0.250 e. The van der Waals surface area contributed by atoms with Crippen molar-refractivity contribution in [3.8, 4) is 11.1 Å². The molecule has 0 aliphatic heterocycles. The Hall–Kier alpha value is -2.62. The second-order valence-electron chi connectivity index (χ2n) is 4.34. The maximum absolute atomic E-state index is 12.9. The average molecular weight is 254 g/mol. The zero-order valence-corrected chi connectivity index (χ0v) is 9.98. The van der Waals surface area contributed by atoms with Crippen molar-refractivity contribution in [3.63, 3.8) is 0 Å². The third kappa shape index (κ3) is 1.97. The number of rotatable bonds is 2. The summed E-state index contributed by atoms with van der Waals surface area (Å²) in [7, 11) is 0. The highest BCUT2D eigenvalue weighted by Crippen LogP contribution is 2.27. The highest BCUT2D eigenvalue weighted by molar-refractivity contribution is 6.06. The standard InChI is InChI=1S/C15H11FN2O/c16-12-3-1-9(2-4-12)11-7-10-5-6-18-14(10)13(8-11)15(17)19/h1-8,18H,(H2,17,19). The van der Waals surface area contributed by atoms with Gasteiger partial charge in [0.05, 0.1) is 11.1 Å². The van der Waals surface area contributed by atoms with Gasteiger partial charge in [0, 0.05) is 11.6 Å². The number of hydrogen-bond donors (Lipinski definition) is 2. The summed E-state index contributed by atoms with van der Waals surface area (Å²) in [6.07, 6.45) is 1.76. The van der Waals surface area contributed by atoms with Crippen LogP contribution in [0.25, 0.3) is 22.0 Å². The molecule has 3 nitrogen and oxygen atoms in total. The molecule has 0 fully saturated rings. The van der Waals surface area contributed by atoms with E-state index in [1.807, 2.05) is 12.1 Å². The van der Waals surface area contributed by atoms with Gasteiger partial charge >= 0.3 is 0 Å². The Bertz CT molecular complexity index is 759. The van der Waals surface area contributed by atoms with E-state index in [9.17, 15) is 9.18 Å². The topological polar surface area (TPSA) is 58.9 Å². The molecule has 0 unspecified atom stereocenters. The minimum atomic E-state index is -0.489. The van der Waals surface area contributed by atoms with Crippen LogP contribution in [0.3, 0.4) is 0 Å². The van der Waals surface area contributed by atoms with Gasteiger partial charge in [0.1, 0.15) is 5.82 Å². The third-order valence-electron chi connectivity index (χ3n) is 3.10. The van der Waals surface area contributed by atoms with Gasteiger partial charge in [-0.15, -0.1) is 0 Å². The van der Waals surface area contributed by atoms with Crippen molar-refractivity contribution in [1.82, 2.24) is 4.98 Å². The molecule has 1 aromatic heterocycles. The number of hydrogen-bond acceptors (Lipinski definition) is 1. The summed E-state index contributed by atoms with van der Waals surface area (Å²) in [6, 6.07) is 11.7. The molecule has 94 valence electrons.